The highest BCUT2D eigenvalue weighted by atomic mass is 32.2. The van der Waals surface area contributed by atoms with Gasteiger partial charge >= 0.3 is 0 Å². The molecular formula is C16H16O3S. The summed E-state index contributed by atoms with van der Waals surface area (Å²) >= 11 is 1.76. The average molecular weight is 288 g/mol. The van der Waals surface area contributed by atoms with Gasteiger partial charge < -0.3 is 14.6 Å². The van der Waals surface area contributed by atoms with Crippen molar-refractivity contribution < 1.29 is 14.6 Å². The van der Waals surface area contributed by atoms with Crippen LogP contribution in [0, 0.1) is 0 Å². The third-order valence-electron chi connectivity index (χ3n) is 3.12. The highest BCUT2D eigenvalue weighted by molar-refractivity contribution is 7.98. The van der Waals surface area contributed by atoms with E-state index in [9.17, 15) is 0 Å². The Morgan fingerprint density at radius 3 is 2.35 bits per heavy atom. The van der Waals surface area contributed by atoms with Crippen molar-refractivity contribution in [2.75, 3.05) is 13.2 Å². The third-order valence-corrected chi connectivity index (χ3v) is 4.19. The molecule has 0 unspecified atom stereocenters. The molecule has 0 spiro atoms. The molecule has 104 valence electrons. The van der Waals surface area contributed by atoms with Crippen molar-refractivity contribution in [2.24, 2.45) is 0 Å². The van der Waals surface area contributed by atoms with Gasteiger partial charge in [-0.1, -0.05) is 24.3 Å². The molecule has 3 nitrogen and oxygen atoms in total. The molecule has 20 heavy (non-hydrogen) atoms. The zero-order valence-corrected chi connectivity index (χ0v) is 11.9. The zero-order chi connectivity index (χ0) is 13.8. The van der Waals surface area contributed by atoms with Gasteiger partial charge in [-0.25, -0.2) is 0 Å². The summed E-state index contributed by atoms with van der Waals surface area (Å²) < 4.78 is 11.1. The summed E-state index contributed by atoms with van der Waals surface area (Å²) in [6.45, 7) is 1.33. The second-order valence-corrected chi connectivity index (χ2v) is 5.62. The number of thioether (sulfide) groups is 1. The van der Waals surface area contributed by atoms with Gasteiger partial charge in [-0.2, -0.15) is 0 Å². The summed E-state index contributed by atoms with van der Waals surface area (Å²) in [6, 6.07) is 14.1. The van der Waals surface area contributed by atoms with E-state index in [1.807, 2.05) is 24.3 Å². The minimum atomic E-state index is 0.0928. The molecular weight excluding hydrogens is 272 g/mol. The van der Waals surface area contributed by atoms with E-state index in [0.29, 0.717) is 13.2 Å². The monoisotopic (exact) mass is 288 g/mol. The molecule has 0 aliphatic carbocycles. The van der Waals surface area contributed by atoms with Crippen LogP contribution in [0.2, 0.25) is 0 Å². The molecule has 0 amide bonds. The Hall–Kier alpha value is -1.65. The van der Waals surface area contributed by atoms with Crippen molar-refractivity contribution in [3.05, 3.63) is 53.6 Å². The molecule has 3 rings (SSSR count). The first-order chi connectivity index (χ1) is 9.85. The van der Waals surface area contributed by atoms with Crippen molar-refractivity contribution in [2.45, 2.75) is 17.3 Å². The van der Waals surface area contributed by atoms with Gasteiger partial charge in [-0.15, -0.1) is 11.8 Å². The fourth-order valence-electron chi connectivity index (χ4n) is 2.02. The molecule has 0 saturated carbocycles. The van der Waals surface area contributed by atoms with Gasteiger partial charge in [0, 0.05) is 10.6 Å². The molecule has 0 bridgehead atoms. The molecule has 2 aromatic carbocycles. The summed E-state index contributed by atoms with van der Waals surface area (Å²) in [5.41, 5.74) is 2.18. The van der Waals surface area contributed by atoms with Gasteiger partial charge in [0.25, 0.3) is 0 Å². The normalized spacial score (nSPS) is 13.2. The Morgan fingerprint density at radius 2 is 1.60 bits per heavy atom. The first-order valence-electron chi connectivity index (χ1n) is 6.56. The van der Waals surface area contributed by atoms with E-state index in [0.717, 1.165) is 22.8 Å². The number of benzene rings is 2. The predicted octanol–water partition coefficient (Wildman–Crippen LogP) is 3.24. The van der Waals surface area contributed by atoms with Gasteiger partial charge in [-0.05, 0) is 29.3 Å². The maximum absolute atomic E-state index is 9.02. The Morgan fingerprint density at radius 1 is 0.900 bits per heavy atom. The Labute approximate surface area is 122 Å². The fourth-order valence-corrected chi connectivity index (χ4v) is 2.90. The molecule has 1 aliphatic heterocycles. The lowest BCUT2D eigenvalue weighted by molar-refractivity contribution is 0.171. The van der Waals surface area contributed by atoms with E-state index in [2.05, 4.69) is 18.2 Å². The lowest BCUT2D eigenvalue weighted by Crippen LogP contribution is -2.15. The van der Waals surface area contributed by atoms with Crippen LogP contribution < -0.4 is 9.47 Å². The summed E-state index contributed by atoms with van der Waals surface area (Å²) in [6.07, 6.45) is 0. The van der Waals surface area contributed by atoms with Crippen LogP contribution in [0.5, 0.6) is 11.5 Å². The van der Waals surface area contributed by atoms with Crippen LogP contribution in [0.3, 0.4) is 0 Å². The first-order valence-corrected chi connectivity index (χ1v) is 7.55. The van der Waals surface area contributed by atoms with Gasteiger partial charge in [0.05, 0.1) is 6.61 Å². The SMILES string of the molecule is OCc1ccc(CSc2ccc3c(c2)OCCO3)cc1. The van der Waals surface area contributed by atoms with Crippen LogP contribution in [0.4, 0.5) is 0 Å². The lowest BCUT2D eigenvalue weighted by Gasteiger charge is -2.18. The lowest BCUT2D eigenvalue weighted by atomic mass is 10.2. The minimum absolute atomic E-state index is 0.0928. The number of ether oxygens (including phenoxy) is 2. The second kappa shape index (κ2) is 6.20. The number of fused-ring (bicyclic) bond motifs is 1. The molecule has 2 aromatic rings. The van der Waals surface area contributed by atoms with E-state index < -0.39 is 0 Å². The van der Waals surface area contributed by atoms with Gasteiger partial charge in [0.15, 0.2) is 11.5 Å². The van der Waals surface area contributed by atoms with Crippen LogP contribution >= 0.6 is 11.8 Å². The topological polar surface area (TPSA) is 38.7 Å². The van der Waals surface area contributed by atoms with Crippen molar-refractivity contribution >= 4 is 11.8 Å². The van der Waals surface area contributed by atoms with E-state index in [1.54, 1.807) is 11.8 Å². The summed E-state index contributed by atoms with van der Waals surface area (Å²) in [7, 11) is 0. The van der Waals surface area contributed by atoms with E-state index >= 15 is 0 Å². The highest BCUT2D eigenvalue weighted by Gasteiger charge is 2.11. The Balaban J connectivity index is 1.65. The number of rotatable bonds is 4. The van der Waals surface area contributed by atoms with Gasteiger partial charge in [-0.3, -0.25) is 0 Å². The number of aliphatic hydroxyl groups excluding tert-OH is 1. The molecule has 0 radical (unpaired) electrons. The van der Waals surface area contributed by atoms with E-state index in [4.69, 9.17) is 14.6 Å². The molecule has 0 saturated heterocycles. The van der Waals surface area contributed by atoms with Crippen LogP contribution in [0.15, 0.2) is 47.4 Å². The number of aliphatic hydroxyl groups is 1. The maximum atomic E-state index is 9.02. The molecule has 1 aliphatic rings. The molecule has 4 heteroatoms. The molecule has 0 aromatic heterocycles. The van der Waals surface area contributed by atoms with Crippen LogP contribution in [0.25, 0.3) is 0 Å². The summed E-state index contributed by atoms with van der Waals surface area (Å²) in [4.78, 5) is 1.17. The highest BCUT2D eigenvalue weighted by Crippen LogP contribution is 2.35. The van der Waals surface area contributed by atoms with Crippen LogP contribution in [-0.4, -0.2) is 18.3 Å². The molecule has 0 fully saturated rings. The Kier molecular flexibility index (Phi) is 4.14. The minimum Gasteiger partial charge on any atom is -0.486 e. The number of hydrogen-bond acceptors (Lipinski definition) is 4. The van der Waals surface area contributed by atoms with Gasteiger partial charge in [0.2, 0.25) is 0 Å². The molecule has 1 N–H and O–H groups in total. The van der Waals surface area contributed by atoms with Crippen molar-refractivity contribution in [3.63, 3.8) is 0 Å². The van der Waals surface area contributed by atoms with Crippen LogP contribution in [-0.2, 0) is 12.4 Å². The molecule has 1 heterocycles. The first kappa shape index (κ1) is 13.3. The second-order valence-electron chi connectivity index (χ2n) is 4.57. The molecule has 0 atom stereocenters. The van der Waals surface area contributed by atoms with Crippen molar-refractivity contribution in [3.8, 4) is 11.5 Å². The van der Waals surface area contributed by atoms with E-state index in [1.165, 1.54) is 10.5 Å². The standard InChI is InChI=1S/C16H16O3S/c17-10-12-1-3-13(4-2-12)11-20-14-5-6-15-16(9-14)19-8-7-18-15/h1-6,9,17H,7-8,10-11H2. The van der Waals surface area contributed by atoms with Gasteiger partial charge in [0.1, 0.15) is 13.2 Å². The van der Waals surface area contributed by atoms with Crippen molar-refractivity contribution in [1.82, 2.24) is 0 Å². The van der Waals surface area contributed by atoms with E-state index in [-0.39, 0.29) is 6.61 Å². The predicted molar refractivity (Wildman–Crippen MR) is 79.4 cm³/mol. The quantitative estimate of drug-likeness (QED) is 0.877. The van der Waals surface area contributed by atoms with Crippen molar-refractivity contribution in [1.29, 1.82) is 0 Å². The maximum Gasteiger partial charge on any atom is 0.162 e. The Bertz CT molecular complexity index is 581. The third kappa shape index (κ3) is 3.08. The average Bonchev–Trinajstić information content (AvgIpc) is 2.53. The smallest absolute Gasteiger partial charge is 0.162 e. The van der Waals surface area contributed by atoms with Crippen LogP contribution in [0.1, 0.15) is 11.1 Å². The summed E-state index contributed by atoms with van der Waals surface area (Å²) in [5.74, 6) is 2.55. The largest absolute Gasteiger partial charge is 0.486 e. The summed E-state index contributed by atoms with van der Waals surface area (Å²) in [5, 5.41) is 9.02. The number of hydrogen-bond donors (Lipinski definition) is 1. The zero-order valence-electron chi connectivity index (χ0n) is 11.0. The fraction of sp³-hybridized carbons (Fsp3) is 0.250.